The van der Waals surface area contributed by atoms with E-state index in [9.17, 15) is 9.18 Å². The molecule has 0 saturated carbocycles. The molecule has 2 aromatic carbocycles. The third-order valence-electron chi connectivity index (χ3n) is 3.62. The van der Waals surface area contributed by atoms with Gasteiger partial charge in [-0.2, -0.15) is 0 Å². The van der Waals surface area contributed by atoms with E-state index in [1.807, 2.05) is 24.3 Å². The van der Waals surface area contributed by atoms with Gasteiger partial charge in [0.25, 0.3) is 0 Å². The molecular weight excluding hydrogens is 323 g/mol. The van der Waals surface area contributed by atoms with Crippen LogP contribution in [0.4, 0.5) is 4.39 Å². The molecule has 0 aliphatic rings. The summed E-state index contributed by atoms with van der Waals surface area (Å²) in [7, 11) is 1.61. The molecule has 0 bridgehead atoms. The van der Waals surface area contributed by atoms with Crippen LogP contribution >= 0.6 is 0 Å². The molecule has 0 spiro atoms. The van der Waals surface area contributed by atoms with Gasteiger partial charge in [-0.3, -0.25) is 4.79 Å². The van der Waals surface area contributed by atoms with Gasteiger partial charge in [0.15, 0.2) is 0 Å². The molecule has 0 fully saturated rings. The minimum Gasteiger partial charge on any atom is -0.497 e. The summed E-state index contributed by atoms with van der Waals surface area (Å²) in [5.41, 5.74) is 2.24. The van der Waals surface area contributed by atoms with Crippen molar-refractivity contribution < 1.29 is 13.9 Å². The summed E-state index contributed by atoms with van der Waals surface area (Å²) in [6.07, 6.45) is 1.94. The Kier molecular flexibility index (Phi) is 5.03. The van der Waals surface area contributed by atoms with Gasteiger partial charge in [-0.05, 0) is 42.0 Å². The van der Waals surface area contributed by atoms with Crippen molar-refractivity contribution in [2.75, 3.05) is 7.11 Å². The average Bonchev–Trinajstić information content (AvgIpc) is 3.11. The zero-order valence-corrected chi connectivity index (χ0v) is 13.6. The number of carbonyl (C=O) groups is 1. The largest absolute Gasteiger partial charge is 0.497 e. The van der Waals surface area contributed by atoms with Crippen molar-refractivity contribution in [3.63, 3.8) is 0 Å². The number of hydrogen-bond donors (Lipinski definition) is 1. The molecule has 128 valence electrons. The minimum atomic E-state index is -0.320. The van der Waals surface area contributed by atoms with E-state index in [1.54, 1.807) is 30.1 Å². The Hall–Kier alpha value is -3.22. The number of rotatable bonds is 6. The molecule has 1 amide bonds. The van der Waals surface area contributed by atoms with Gasteiger partial charge in [0, 0.05) is 0 Å². The van der Waals surface area contributed by atoms with Gasteiger partial charge < -0.3 is 10.1 Å². The molecule has 6 nitrogen and oxygen atoms in total. The third kappa shape index (κ3) is 4.41. The Labute approximate surface area is 144 Å². The fourth-order valence-electron chi connectivity index (χ4n) is 2.28. The Morgan fingerprint density at radius 3 is 2.56 bits per heavy atom. The van der Waals surface area contributed by atoms with Crippen LogP contribution < -0.4 is 10.1 Å². The predicted octanol–water partition coefficient (Wildman–Crippen LogP) is 2.27. The van der Waals surface area contributed by atoms with E-state index in [0.29, 0.717) is 5.69 Å². The number of amides is 1. The maximum atomic E-state index is 12.9. The molecule has 1 heterocycles. The minimum absolute atomic E-state index is 0.161. The van der Waals surface area contributed by atoms with Crippen LogP contribution in [0.2, 0.25) is 0 Å². The van der Waals surface area contributed by atoms with Crippen LogP contribution in [0.25, 0.3) is 5.69 Å². The number of carbonyl (C=O) groups excluding carboxylic acids is 1. The Morgan fingerprint density at radius 2 is 1.88 bits per heavy atom. The second-order valence-corrected chi connectivity index (χ2v) is 5.43. The molecule has 0 radical (unpaired) electrons. The molecule has 1 aromatic heterocycles. The van der Waals surface area contributed by atoms with Gasteiger partial charge in [-0.15, -0.1) is 5.10 Å². The van der Waals surface area contributed by atoms with E-state index in [-0.39, 0.29) is 24.7 Å². The summed E-state index contributed by atoms with van der Waals surface area (Å²) in [6.45, 7) is 0.274. The van der Waals surface area contributed by atoms with Crippen LogP contribution in [0, 0.1) is 5.82 Å². The number of nitrogens with one attached hydrogen (secondary N) is 1. The fraction of sp³-hybridized carbons (Fsp3) is 0.167. The first-order chi connectivity index (χ1) is 12.1. The lowest BCUT2D eigenvalue weighted by Gasteiger charge is -2.03. The summed E-state index contributed by atoms with van der Waals surface area (Å²) < 4.78 is 19.6. The van der Waals surface area contributed by atoms with Crippen LogP contribution in [0.1, 0.15) is 11.3 Å². The molecule has 0 aliphatic heterocycles. The Morgan fingerprint density at radius 1 is 1.16 bits per heavy atom. The van der Waals surface area contributed by atoms with Crippen LogP contribution in [-0.4, -0.2) is 28.0 Å². The lowest BCUT2D eigenvalue weighted by Crippen LogP contribution is -2.24. The van der Waals surface area contributed by atoms with Gasteiger partial charge >= 0.3 is 0 Å². The highest BCUT2D eigenvalue weighted by atomic mass is 19.1. The Balaban J connectivity index is 1.55. The molecule has 0 atom stereocenters. The summed E-state index contributed by atoms with van der Waals surface area (Å²) in [6, 6.07) is 13.3. The first-order valence-corrected chi connectivity index (χ1v) is 7.71. The van der Waals surface area contributed by atoms with Crippen molar-refractivity contribution in [3.8, 4) is 11.4 Å². The Bertz CT molecular complexity index is 844. The summed E-state index contributed by atoms with van der Waals surface area (Å²) >= 11 is 0. The zero-order chi connectivity index (χ0) is 17.6. The molecular formula is C18H17FN4O2. The monoisotopic (exact) mass is 340 g/mol. The zero-order valence-electron chi connectivity index (χ0n) is 13.6. The van der Waals surface area contributed by atoms with Gasteiger partial charge in [-0.1, -0.05) is 17.3 Å². The summed E-state index contributed by atoms with van der Waals surface area (Å²) in [5, 5.41) is 10.9. The lowest BCUT2D eigenvalue weighted by atomic mass is 10.1. The van der Waals surface area contributed by atoms with Crippen molar-refractivity contribution >= 4 is 5.91 Å². The number of ether oxygens (including phenoxy) is 1. The van der Waals surface area contributed by atoms with E-state index in [1.165, 1.54) is 12.1 Å². The predicted molar refractivity (Wildman–Crippen MR) is 89.9 cm³/mol. The van der Waals surface area contributed by atoms with E-state index in [0.717, 1.165) is 17.0 Å². The molecule has 25 heavy (non-hydrogen) atoms. The molecule has 3 aromatic rings. The molecule has 3 rings (SSSR count). The van der Waals surface area contributed by atoms with Crippen molar-refractivity contribution in [2.45, 2.75) is 13.0 Å². The molecule has 7 heteroatoms. The van der Waals surface area contributed by atoms with Gasteiger partial charge in [0.05, 0.1) is 32.0 Å². The number of methoxy groups -OCH3 is 1. The topological polar surface area (TPSA) is 69.0 Å². The summed E-state index contributed by atoms with van der Waals surface area (Å²) in [5.74, 6) is 0.280. The van der Waals surface area contributed by atoms with Crippen molar-refractivity contribution in [3.05, 3.63) is 71.8 Å². The highest BCUT2D eigenvalue weighted by Crippen LogP contribution is 2.14. The number of halogens is 1. The average molecular weight is 340 g/mol. The molecule has 0 aliphatic carbocycles. The lowest BCUT2D eigenvalue weighted by molar-refractivity contribution is -0.120. The number of aromatic nitrogens is 3. The van der Waals surface area contributed by atoms with Crippen LogP contribution in [0.5, 0.6) is 5.75 Å². The van der Waals surface area contributed by atoms with Gasteiger partial charge in [0.2, 0.25) is 5.91 Å². The summed E-state index contributed by atoms with van der Waals surface area (Å²) in [4.78, 5) is 11.9. The van der Waals surface area contributed by atoms with Crippen LogP contribution in [0.3, 0.4) is 0 Å². The van der Waals surface area contributed by atoms with E-state index < -0.39 is 0 Å². The normalized spacial score (nSPS) is 10.5. The smallest absolute Gasteiger partial charge is 0.224 e. The molecule has 0 unspecified atom stereocenters. The first kappa shape index (κ1) is 16.6. The number of hydrogen-bond acceptors (Lipinski definition) is 4. The third-order valence-corrected chi connectivity index (χ3v) is 3.62. The van der Waals surface area contributed by atoms with Gasteiger partial charge in [-0.25, -0.2) is 9.07 Å². The second-order valence-electron chi connectivity index (χ2n) is 5.43. The first-order valence-electron chi connectivity index (χ1n) is 7.71. The number of benzene rings is 2. The van der Waals surface area contributed by atoms with Crippen molar-refractivity contribution in [1.29, 1.82) is 0 Å². The SMILES string of the molecule is COc1ccc(-n2cc(CNC(=O)Cc3ccc(F)cc3)nn2)cc1. The van der Waals surface area contributed by atoms with Crippen LogP contribution in [0.15, 0.2) is 54.7 Å². The van der Waals surface area contributed by atoms with Crippen LogP contribution in [-0.2, 0) is 17.8 Å². The van der Waals surface area contributed by atoms with Crippen molar-refractivity contribution in [1.82, 2.24) is 20.3 Å². The fourth-order valence-corrected chi connectivity index (χ4v) is 2.28. The van der Waals surface area contributed by atoms with Gasteiger partial charge in [0.1, 0.15) is 17.3 Å². The number of nitrogens with zero attached hydrogens (tertiary/aromatic N) is 3. The maximum Gasteiger partial charge on any atom is 0.224 e. The van der Waals surface area contributed by atoms with E-state index >= 15 is 0 Å². The highest BCUT2D eigenvalue weighted by molar-refractivity contribution is 5.78. The van der Waals surface area contributed by atoms with Crippen molar-refractivity contribution in [2.24, 2.45) is 0 Å². The molecule has 0 saturated heterocycles. The maximum absolute atomic E-state index is 12.9. The standard InChI is InChI=1S/C18H17FN4O2/c1-25-17-8-6-16(7-9-17)23-12-15(21-22-23)11-20-18(24)10-13-2-4-14(19)5-3-13/h2-9,12H,10-11H2,1H3,(H,20,24). The van der Waals surface area contributed by atoms with E-state index in [4.69, 9.17) is 4.74 Å². The molecule has 1 N–H and O–H groups in total. The van der Waals surface area contributed by atoms with E-state index in [2.05, 4.69) is 15.6 Å². The highest BCUT2D eigenvalue weighted by Gasteiger charge is 2.07. The second kappa shape index (κ2) is 7.57. The quantitative estimate of drug-likeness (QED) is 0.747.